The van der Waals surface area contributed by atoms with Crippen molar-refractivity contribution in [2.75, 3.05) is 6.61 Å². The molecule has 0 saturated carbocycles. The van der Waals surface area contributed by atoms with Crippen molar-refractivity contribution in [3.8, 4) is 0 Å². The maximum absolute atomic E-state index is 9.49. The summed E-state index contributed by atoms with van der Waals surface area (Å²) in [5, 5.41) is 11.6. The van der Waals surface area contributed by atoms with Crippen molar-refractivity contribution in [1.82, 2.24) is 0 Å². The first kappa shape index (κ1) is 13.6. The molecule has 1 aliphatic heterocycles. The van der Waals surface area contributed by atoms with Crippen LogP contribution in [-0.4, -0.2) is 17.3 Å². The summed E-state index contributed by atoms with van der Waals surface area (Å²) in [5.41, 5.74) is 8.40. The highest BCUT2D eigenvalue weighted by Gasteiger charge is 2.39. The number of nitrogens with two attached hydrogens (primary N) is 1. The van der Waals surface area contributed by atoms with Gasteiger partial charge in [0, 0.05) is 5.70 Å². The Hall–Kier alpha value is -0.840. The lowest BCUT2D eigenvalue weighted by Gasteiger charge is -2.25. The normalized spacial score (nSPS) is 27.6. The van der Waals surface area contributed by atoms with Gasteiger partial charge in [-0.15, -0.1) is 11.3 Å². The molecule has 2 atom stereocenters. The fraction of sp³-hybridized carbons (Fsp3) is 0.571. The van der Waals surface area contributed by atoms with Gasteiger partial charge in [0.15, 0.2) is 0 Å². The fourth-order valence-electron chi connectivity index (χ4n) is 2.59. The highest BCUT2D eigenvalue weighted by atomic mass is 32.1. The molecule has 0 aliphatic carbocycles. The standard InChI is InChI=1S/C14H21NO2S/c1-4-14(8-16)6-5-12(17-14)11-7-18-13(9(11)2)10(3)15/h7,12,16H,3-6,8,15H2,1-2H3/t12-,14+/m1/s1. The molecule has 2 heterocycles. The molecule has 0 bridgehead atoms. The van der Waals surface area contributed by atoms with E-state index in [-0.39, 0.29) is 18.3 Å². The molecule has 18 heavy (non-hydrogen) atoms. The van der Waals surface area contributed by atoms with Crippen molar-refractivity contribution in [3.63, 3.8) is 0 Å². The van der Waals surface area contributed by atoms with Crippen LogP contribution in [0.1, 0.15) is 48.3 Å². The van der Waals surface area contributed by atoms with Crippen LogP contribution in [0.2, 0.25) is 0 Å². The Morgan fingerprint density at radius 3 is 2.89 bits per heavy atom. The monoisotopic (exact) mass is 267 g/mol. The van der Waals surface area contributed by atoms with Gasteiger partial charge in [-0.2, -0.15) is 0 Å². The average molecular weight is 267 g/mol. The lowest BCUT2D eigenvalue weighted by atomic mass is 9.97. The van der Waals surface area contributed by atoms with Gasteiger partial charge >= 0.3 is 0 Å². The van der Waals surface area contributed by atoms with Crippen molar-refractivity contribution in [1.29, 1.82) is 0 Å². The lowest BCUT2D eigenvalue weighted by Crippen LogP contribution is -2.31. The van der Waals surface area contributed by atoms with Gasteiger partial charge in [0.1, 0.15) is 0 Å². The third-order valence-corrected chi connectivity index (χ3v) is 5.08. The van der Waals surface area contributed by atoms with E-state index in [2.05, 4.69) is 25.8 Å². The summed E-state index contributed by atoms with van der Waals surface area (Å²) in [6, 6.07) is 0. The molecule has 100 valence electrons. The molecule has 3 nitrogen and oxygen atoms in total. The van der Waals surface area contributed by atoms with Crippen LogP contribution in [0.3, 0.4) is 0 Å². The molecular formula is C14H21NO2S. The molecular weight excluding hydrogens is 246 g/mol. The van der Waals surface area contributed by atoms with Gasteiger partial charge in [0.25, 0.3) is 0 Å². The molecule has 1 aromatic heterocycles. The zero-order valence-electron chi connectivity index (χ0n) is 11.0. The molecule has 1 fully saturated rings. The van der Waals surface area contributed by atoms with Crippen molar-refractivity contribution in [2.24, 2.45) is 5.73 Å². The molecule has 0 spiro atoms. The van der Waals surface area contributed by atoms with Crippen LogP contribution >= 0.6 is 11.3 Å². The SMILES string of the molecule is C=C(N)c1scc([C@H]2CC[C@@](CC)(CO)O2)c1C. The summed E-state index contributed by atoms with van der Waals surface area (Å²) in [6.07, 6.45) is 2.81. The Morgan fingerprint density at radius 2 is 2.44 bits per heavy atom. The summed E-state index contributed by atoms with van der Waals surface area (Å²) >= 11 is 1.62. The third-order valence-electron chi connectivity index (χ3n) is 3.90. The van der Waals surface area contributed by atoms with E-state index >= 15 is 0 Å². The van der Waals surface area contributed by atoms with Crippen molar-refractivity contribution in [2.45, 2.75) is 44.8 Å². The van der Waals surface area contributed by atoms with E-state index < -0.39 is 0 Å². The van der Waals surface area contributed by atoms with Crippen LogP contribution < -0.4 is 5.73 Å². The number of ether oxygens (including phenoxy) is 1. The molecule has 1 saturated heterocycles. The van der Waals surface area contributed by atoms with Gasteiger partial charge in [-0.25, -0.2) is 0 Å². The molecule has 1 aliphatic rings. The predicted octanol–water partition coefficient (Wildman–Crippen LogP) is 2.98. The zero-order chi connectivity index (χ0) is 13.3. The third kappa shape index (κ3) is 2.20. The zero-order valence-corrected chi connectivity index (χ0v) is 11.8. The summed E-state index contributed by atoms with van der Waals surface area (Å²) in [6.45, 7) is 8.02. The minimum atomic E-state index is -0.348. The number of aliphatic hydroxyl groups is 1. The average Bonchev–Trinajstić information content (AvgIpc) is 2.93. The first-order valence-corrected chi connectivity index (χ1v) is 7.22. The molecule has 0 radical (unpaired) electrons. The van der Waals surface area contributed by atoms with Gasteiger partial charge in [-0.05, 0) is 42.7 Å². The van der Waals surface area contributed by atoms with E-state index in [0.29, 0.717) is 5.70 Å². The van der Waals surface area contributed by atoms with Crippen LogP contribution in [-0.2, 0) is 4.74 Å². The number of rotatable bonds is 4. The molecule has 0 amide bonds. The van der Waals surface area contributed by atoms with E-state index in [1.54, 1.807) is 11.3 Å². The smallest absolute Gasteiger partial charge is 0.0918 e. The maximum atomic E-state index is 9.49. The first-order valence-electron chi connectivity index (χ1n) is 6.34. The molecule has 1 aromatic rings. The molecule has 0 aromatic carbocycles. The highest BCUT2D eigenvalue weighted by molar-refractivity contribution is 7.11. The van der Waals surface area contributed by atoms with Gasteiger partial charge in [-0.1, -0.05) is 13.5 Å². The maximum Gasteiger partial charge on any atom is 0.0918 e. The van der Waals surface area contributed by atoms with Gasteiger partial charge < -0.3 is 15.6 Å². The second kappa shape index (κ2) is 5.03. The summed E-state index contributed by atoms with van der Waals surface area (Å²) in [7, 11) is 0. The Morgan fingerprint density at radius 1 is 1.72 bits per heavy atom. The van der Waals surface area contributed by atoms with Crippen LogP contribution in [0.4, 0.5) is 0 Å². The van der Waals surface area contributed by atoms with Crippen molar-refractivity contribution < 1.29 is 9.84 Å². The van der Waals surface area contributed by atoms with Crippen molar-refractivity contribution in [3.05, 3.63) is 28.0 Å². The minimum Gasteiger partial charge on any atom is -0.398 e. The second-order valence-corrected chi connectivity index (χ2v) is 5.89. The summed E-state index contributed by atoms with van der Waals surface area (Å²) < 4.78 is 6.09. The molecule has 2 rings (SSSR count). The first-order chi connectivity index (χ1) is 8.53. The Bertz CT molecular complexity index is 449. The predicted molar refractivity (Wildman–Crippen MR) is 75.4 cm³/mol. The fourth-order valence-corrected chi connectivity index (χ4v) is 3.60. The lowest BCUT2D eigenvalue weighted by molar-refractivity contribution is -0.0764. The largest absolute Gasteiger partial charge is 0.398 e. The molecule has 0 unspecified atom stereocenters. The minimum absolute atomic E-state index is 0.0847. The van der Waals surface area contributed by atoms with E-state index in [0.717, 1.165) is 24.1 Å². The highest BCUT2D eigenvalue weighted by Crippen LogP contribution is 2.44. The van der Waals surface area contributed by atoms with E-state index in [1.165, 1.54) is 11.1 Å². The van der Waals surface area contributed by atoms with Crippen LogP contribution in [0.15, 0.2) is 12.0 Å². The van der Waals surface area contributed by atoms with Crippen LogP contribution in [0, 0.1) is 6.92 Å². The van der Waals surface area contributed by atoms with Crippen LogP contribution in [0.5, 0.6) is 0 Å². The number of aliphatic hydroxyl groups excluding tert-OH is 1. The number of thiophene rings is 1. The van der Waals surface area contributed by atoms with E-state index in [4.69, 9.17) is 10.5 Å². The van der Waals surface area contributed by atoms with Gasteiger partial charge in [-0.3, -0.25) is 0 Å². The second-order valence-electron chi connectivity index (χ2n) is 5.01. The van der Waals surface area contributed by atoms with Gasteiger partial charge in [0.05, 0.1) is 23.2 Å². The summed E-state index contributed by atoms with van der Waals surface area (Å²) in [5.74, 6) is 0. The molecule has 4 heteroatoms. The van der Waals surface area contributed by atoms with Gasteiger partial charge in [0.2, 0.25) is 0 Å². The van der Waals surface area contributed by atoms with E-state index in [9.17, 15) is 5.11 Å². The summed E-state index contributed by atoms with van der Waals surface area (Å²) in [4.78, 5) is 1.05. The number of hydrogen-bond acceptors (Lipinski definition) is 4. The molecule has 3 N–H and O–H groups in total. The Labute approximate surface area is 112 Å². The van der Waals surface area contributed by atoms with E-state index in [1.807, 2.05) is 0 Å². The van der Waals surface area contributed by atoms with Crippen LogP contribution in [0.25, 0.3) is 5.70 Å². The quantitative estimate of drug-likeness (QED) is 0.881. The Kier molecular flexibility index (Phi) is 3.80. The Balaban J connectivity index is 2.22. The topological polar surface area (TPSA) is 55.5 Å². The van der Waals surface area contributed by atoms with Crippen molar-refractivity contribution >= 4 is 17.0 Å². The number of hydrogen-bond donors (Lipinski definition) is 2.